The summed E-state index contributed by atoms with van der Waals surface area (Å²) in [5.41, 5.74) is 0.994. The van der Waals surface area contributed by atoms with Crippen LogP contribution in [0.25, 0.3) is 0 Å². The Morgan fingerprint density at radius 1 is 1.24 bits per heavy atom. The van der Waals surface area contributed by atoms with Crippen molar-refractivity contribution in [2.24, 2.45) is 0 Å². The van der Waals surface area contributed by atoms with Gasteiger partial charge in [-0.15, -0.1) is 0 Å². The average molecular weight is 487 g/mol. The molecule has 1 aliphatic carbocycles. The molecule has 33 heavy (non-hydrogen) atoms. The molecule has 0 atom stereocenters. The molecular formula is C22H34N2O8S. The van der Waals surface area contributed by atoms with Crippen molar-refractivity contribution in [2.75, 3.05) is 38.8 Å². The quantitative estimate of drug-likeness (QED) is 0.285. The van der Waals surface area contributed by atoms with Gasteiger partial charge in [0, 0.05) is 13.2 Å². The molecule has 11 heteroatoms. The number of rotatable bonds is 15. The first-order chi connectivity index (χ1) is 15.8. The molecule has 0 heterocycles. The van der Waals surface area contributed by atoms with Crippen LogP contribution in [-0.4, -0.2) is 75.4 Å². The number of carboxylic acids is 1. The number of sulfonamides is 1. The van der Waals surface area contributed by atoms with Crippen LogP contribution < -0.4 is 9.46 Å². The lowest BCUT2D eigenvalue weighted by molar-refractivity contribution is -0.139. The number of carbonyl (C=O) groups is 2. The van der Waals surface area contributed by atoms with Crippen molar-refractivity contribution in [3.63, 3.8) is 0 Å². The van der Waals surface area contributed by atoms with E-state index >= 15 is 0 Å². The van der Waals surface area contributed by atoms with Gasteiger partial charge in [0.15, 0.2) is 0 Å². The zero-order valence-corrected chi connectivity index (χ0v) is 19.8. The molecule has 1 amide bonds. The predicted octanol–water partition coefficient (Wildman–Crippen LogP) is 2.38. The highest BCUT2D eigenvalue weighted by Crippen LogP contribution is 2.24. The molecular weight excluding hydrogens is 452 g/mol. The van der Waals surface area contributed by atoms with E-state index in [4.69, 9.17) is 19.3 Å². The molecule has 186 valence electrons. The number of carbonyl (C=O) groups excluding carboxylic acids is 1. The van der Waals surface area contributed by atoms with Gasteiger partial charge in [0.05, 0.1) is 18.5 Å². The highest BCUT2D eigenvalue weighted by molar-refractivity contribution is 7.89. The molecule has 0 aliphatic heterocycles. The van der Waals surface area contributed by atoms with Crippen LogP contribution in [0.1, 0.15) is 44.6 Å². The topological polar surface area (TPSA) is 131 Å². The maximum atomic E-state index is 12.2. The molecule has 2 rings (SSSR count). The molecule has 1 aromatic rings. The van der Waals surface area contributed by atoms with Crippen LogP contribution in [-0.2, 0) is 30.7 Å². The fourth-order valence-corrected chi connectivity index (χ4v) is 4.52. The Labute approximate surface area is 195 Å². The van der Waals surface area contributed by atoms with Gasteiger partial charge >= 0.3 is 12.1 Å². The second kappa shape index (κ2) is 14.0. The van der Waals surface area contributed by atoms with Crippen LogP contribution in [0, 0.1) is 0 Å². The highest BCUT2D eigenvalue weighted by Gasteiger charge is 2.18. The minimum Gasteiger partial charge on any atom is -0.490 e. The highest BCUT2D eigenvalue weighted by atomic mass is 32.2. The first-order valence-electron chi connectivity index (χ1n) is 11.2. The van der Waals surface area contributed by atoms with Crippen molar-refractivity contribution in [3.8, 4) is 5.75 Å². The molecule has 0 radical (unpaired) electrons. The van der Waals surface area contributed by atoms with E-state index < -0.39 is 28.6 Å². The summed E-state index contributed by atoms with van der Waals surface area (Å²) in [6, 6.07) is 7.73. The summed E-state index contributed by atoms with van der Waals surface area (Å²) < 4.78 is 43.0. The van der Waals surface area contributed by atoms with Gasteiger partial charge in [-0.1, -0.05) is 12.1 Å². The number of amides is 1. The number of carboxylic acid groups (broad SMARTS) is 1. The van der Waals surface area contributed by atoms with Crippen molar-refractivity contribution in [1.29, 1.82) is 0 Å². The van der Waals surface area contributed by atoms with Crippen LogP contribution in [0.3, 0.4) is 0 Å². The van der Waals surface area contributed by atoms with E-state index in [1.54, 1.807) is 6.92 Å². The van der Waals surface area contributed by atoms with E-state index in [0.29, 0.717) is 6.42 Å². The molecule has 1 aliphatic rings. The average Bonchev–Trinajstić information content (AvgIpc) is 3.25. The Hall–Kier alpha value is -2.37. The fraction of sp³-hybridized carbons (Fsp3) is 0.636. The molecule has 1 fully saturated rings. The van der Waals surface area contributed by atoms with Crippen molar-refractivity contribution < 1.29 is 37.3 Å². The Bertz CT molecular complexity index is 856. The van der Waals surface area contributed by atoms with Gasteiger partial charge in [0.1, 0.15) is 19.0 Å². The third kappa shape index (κ3) is 10.9. The van der Waals surface area contributed by atoms with E-state index in [1.807, 2.05) is 24.3 Å². The van der Waals surface area contributed by atoms with Crippen molar-refractivity contribution >= 4 is 22.1 Å². The number of ether oxygens (including phenoxy) is 3. The predicted molar refractivity (Wildman–Crippen MR) is 122 cm³/mol. The molecule has 0 aromatic heterocycles. The first-order valence-corrected chi connectivity index (χ1v) is 12.9. The second-order valence-electron chi connectivity index (χ2n) is 7.82. The summed E-state index contributed by atoms with van der Waals surface area (Å²) >= 11 is 0. The van der Waals surface area contributed by atoms with E-state index in [1.165, 1.54) is 12.8 Å². The summed E-state index contributed by atoms with van der Waals surface area (Å²) in [4.78, 5) is 23.4. The van der Waals surface area contributed by atoms with Gasteiger partial charge < -0.3 is 19.3 Å². The SMILES string of the molecule is CCOC(=O)N(COCCCS(=O)(=O)NCCc1cccc(OC2CCCC2)c1)CC(=O)O. The zero-order chi connectivity index (χ0) is 24.1. The van der Waals surface area contributed by atoms with Gasteiger partial charge in [-0.05, 0) is 63.1 Å². The summed E-state index contributed by atoms with van der Waals surface area (Å²) in [6.45, 7) is 1.18. The van der Waals surface area contributed by atoms with Crippen molar-refractivity contribution in [2.45, 2.75) is 51.6 Å². The number of nitrogens with zero attached hydrogens (tertiary/aromatic N) is 1. The van der Waals surface area contributed by atoms with E-state index in [0.717, 1.165) is 29.1 Å². The molecule has 0 bridgehead atoms. The molecule has 0 spiro atoms. The standard InChI is InChI=1S/C22H34N2O8S/c1-2-31-22(27)24(16-21(25)26)17-30-13-6-14-33(28,29)23-12-11-18-7-5-10-20(15-18)32-19-8-3-4-9-19/h5,7,10,15,19,23H,2-4,6,8-9,11-14,16-17H2,1H3,(H,25,26). The van der Waals surface area contributed by atoms with Crippen LogP contribution >= 0.6 is 0 Å². The van der Waals surface area contributed by atoms with Gasteiger partial charge in [-0.25, -0.2) is 17.9 Å². The normalized spacial score (nSPS) is 14.2. The van der Waals surface area contributed by atoms with Crippen LogP contribution in [0.4, 0.5) is 4.79 Å². The third-order valence-corrected chi connectivity index (χ3v) is 6.51. The van der Waals surface area contributed by atoms with Crippen LogP contribution in [0.15, 0.2) is 24.3 Å². The Balaban J connectivity index is 1.66. The molecule has 0 unspecified atom stereocenters. The lowest BCUT2D eigenvalue weighted by atomic mass is 10.1. The third-order valence-electron chi connectivity index (χ3n) is 5.04. The van der Waals surface area contributed by atoms with Crippen LogP contribution in [0.2, 0.25) is 0 Å². The number of aliphatic carboxylic acids is 1. The van der Waals surface area contributed by atoms with E-state index in [9.17, 15) is 18.0 Å². The maximum Gasteiger partial charge on any atom is 0.412 e. The van der Waals surface area contributed by atoms with Gasteiger partial charge in [0.2, 0.25) is 10.0 Å². The summed E-state index contributed by atoms with van der Waals surface area (Å²) in [5.74, 6) is -0.524. The monoisotopic (exact) mass is 486 g/mol. The summed E-state index contributed by atoms with van der Waals surface area (Å²) in [6.07, 6.45) is 4.76. The molecule has 2 N–H and O–H groups in total. The maximum absolute atomic E-state index is 12.2. The second-order valence-corrected chi connectivity index (χ2v) is 9.74. The number of nitrogens with one attached hydrogen (secondary N) is 1. The smallest absolute Gasteiger partial charge is 0.412 e. The van der Waals surface area contributed by atoms with Crippen molar-refractivity contribution in [1.82, 2.24) is 9.62 Å². The Morgan fingerprint density at radius 3 is 2.70 bits per heavy atom. The Kier molecular flexibility index (Phi) is 11.4. The fourth-order valence-electron chi connectivity index (χ4n) is 3.46. The van der Waals surface area contributed by atoms with E-state index in [2.05, 4.69) is 4.72 Å². The largest absolute Gasteiger partial charge is 0.490 e. The molecule has 1 saturated carbocycles. The van der Waals surface area contributed by atoms with E-state index in [-0.39, 0.29) is 44.8 Å². The summed E-state index contributed by atoms with van der Waals surface area (Å²) in [5, 5.41) is 8.85. The van der Waals surface area contributed by atoms with Crippen LogP contribution in [0.5, 0.6) is 5.75 Å². The first kappa shape index (κ1) is 26.9. The van der Waals surface area contributed by atoms with Gasteiger partial charge in [-0.3, -0.25) is 9.69 Å². The van der Waals surface area contributed by atoms with Gasteiger partial charge in [-0.2, -0.15) is 0 Å². The van der Waals surface area contributed by atoms with Crippen molar-refractivity contribution in [3.05, 3.63) is 29.8 Å². The lowest BCUT2D eigenvalue weighted by Crippen LogP contribution is -2.38. The summed E-state index contributed by atoms with van der Waals surface area (Å²) in [7, 11) is -3.49. The zero-order valence-electron chi connectivity index (χ0n) is 19.0. The lowest BCUT2D eigenvalue weighted by Gasteiger charge is -2.19. The number of benzene rings is 1. The minimum atomic E-state index is -3.49. The number of hydrogen-bond donors (Lipinski definition) is 2. The molecule has 0 saturated heterocycles. The number of hydrogen-bond acceptors (Lipinski definition) is 7. The molecule has 1 aromatic carbocycles. The minimum absolute atomic E-state index is 0.0526. The molecule has 10 nitrogen and oxygen atoms in total. The Morgan fingerprint density at radius 2 is 2.00 bits per heavy atom. The van der Waals surface area contributed by atoms with Gasteiger partial charge in [0.25, 0.3) is 0 Å².